The van der Waals surface area contributed by atoms with Crippen molar-refractivity contribution < 1.29 is 13.2 Å². The van der Waals surface area contributed by atoms with Gasteiger partial charge >= 0.3 is 6.18 Å². The maximum absolute atomic E-state index is 12.4. The molecule has 0 spiro atoms. The van der Waals surface area contributed by atoms with Crippen LogP contribution in [0.5, 0.6) is 0 Å². The topological polar surface area (TPSA) is 42.7 Å². The van der Waals surface area contributed by atoms with Crippen molar-refractivity contribution in [3.8, 4) is 5.82 Å². The number of aromatic nitrogens is 3. The highest BCUT2D eigenvalue weighted by Crippen LogP contribution is 2.28. The van der Waals surface area contributed by atoms with Crippen molar-refractivity contribution in [3.63, 3.8) is 0 Å². The second kappa shape index (κ2) is 5.40. The van der Waals surface area contributed by atoms with Gasteiger partial charge in [-0.3, -0.25) is 0 Å². The molecule has 0 aliphatic rings. The minimum atomic E-state index is -4.37. The van der Waals surface area contributed by atoms with E-state index in [0.29, 0.717) is 12.4 Å². The van der Waals surface area contributed by atoms with Crippen molar-refractivity contribution in [2.75, 3.05) is 6.54 Å². The molecule has 2 heterocycles. The van der Waals surface area contributed by atoms with Gasteiger partial charge in [0.2, 0.25) is 0 Å². The van der Waals surface area contributed by atoms with E-state index in [2.05, 4.69) is 15.4 Å². The van der Waals surface area contributed by atoms with Crippen LogP contribution in [0.1, 0.15) is 18.1 Å². The summed E-state index contributed by atoms with van der Waals surface area (Å²) in [5.41, 5.74) is 0.180. The second-order valence-electron chi connectivity index (χ2n) is 3.98. The monoisotopic (exact) mass is 270 g/mol. The van der Waals surface area contributed by atoms with Gasteiger partial charge in [0.1, 0.15) is 0 Å². The number of hydrogen-bond donors (Lipinski definition) is 1. The van der Waals surface area contributed by atoms with E-state index in [0.717, 1.165) is 24.4 Å². The molecule has 0 amide bonds. The van der Waals surface area contributed by atoms with Gasteiger partial charge in [-0.05, 0) is 18.7 Å². The first-order valence-electron chi connectivity index (χ1n) is 5.78. The summed E-state index contributed by atoms with van der Waals surface area (Å²) < 4.78 is 38.6. The molecular weight excluding hydrogens is 257 g/mol. The lowest BCUT2D eigenvalue weighted by Crippen LogP contribution is -2.11. The van der Waals surface area contributed by atoms with Gasteiger partial charge in [0.25, 0.3) is 0 Å². The van der Waals surface area contributed by atoms with Crippen LogP contribution in [-0.2, 0) is 12.7 Å². The maximum atomic E-state index is 12.4. The summed E-state index contributed by atoms with van der Waals surface area (Å²) in [5, 5.41) is 7.20. The molecule has 4 nitrogen and oxygen atoms in total. The van der Waals surface area contributed by atoms with E-state index in [4.69, 9.17) is 0 Å². The van der Waals surface area contributed by atoms with Crippen molar-refractivity contribution in [2.45, 2.75) is 19.6 Å². The van der Waals surface area contributed by atoms with E-state index >= 15 is 0 Å². The molecular formula is C12H13F3N4. The minimum Gasteiger partial charge on any atom is -0.313 e. The van der Waals surface area contributed by atoms with Crippen LogP contribution in [-0.4, -0.2) is 21.3 Å². The Hall–Kier alpha value is -1.89. The van der Waals surface area contributed by atoms with Crippen LogP contribution in [0.4, 0.5) is 13.2 Å². The second-order valence-corrected chi connectivity index (χ2v) is 3.98. The zero-order chi connectivity index (χ0) is 13.9. The van der Waals surface area contributed by atoms with Crippen molar-refractivity contribution >= 4 is 0 Å². The van der Waals surface area contributed by atoms with Crippen molar-refractivity contribution in [2.24, 2.45) is 0 Å². The summed E-state index contributed by atoms with van der Waals surface area (Å²) >= 11 is 0. The smallest absolute Gasteiger partial charge is 0.313 e. The Morgan fingerprint density at radius 3 is 2.63 bits per heavy atom. The van der Waals surface area contributed by atoms with Crippen molar-refractivity contribution in [1.82, 2.24) is 20.1 Å². The molecule has 2 rings (SSSR count). The normalized spacial score (nSPS) is 11.8. The summed E-state index contributed by atoms with van der Waals surface area (Å²) in [6, 6.07) is 2.29. The highest BCUT2D eigenvalue weighted by Gasteiger charge is 2.30. The third kappa shape index (κ3) is 3.31. The fourth-order valence-corrected chi connectivity index (χ4v) is 1.54. The third-order valence-corrected chi connectivity index (χ3v) is 2.53. The van der Waals surface area contributed by atoms with Gasteiger partial charge in [0.05, 0.1) is 11.8 Å². The lowest BCUT2D eigenvalue weighted by molar-refractivity contribution is -0.137. The van der Waals surface area contributed by atoms with Crippen molar-refractivity contribution in [3.05, 3.63) is 41.9 Å². The molecule has 19 heavy (non-hydrogen) atoms. The number of nitrogens with one attached hydrogen (secondary N) is 1. The molecule has 2 aromatic rings. The molecule has 0 radical (unpaired) electrons. The number of halogens is 3. The number of rotatable bonds is 4. The Balaban J connectivity index is 2.16. The van der Waals surface area contributed by atoms with Gasteiger partial charge in [-0.1, -0.05) is 6.92 Å². The molecule has 0 aromatic carbocycles. The number of pyridine rings is 1. The predicted molar refractivity (Wildman–Crippen MR) is 63.7 cm³/mol. The molecule has 0 unspecified atom stereocenters. The van der Waals surface area contributed by atoms with Gasteiger partial charge in [0, 0.05) is 24.5 Å². The van der Waals surface area contributed by atoms with Crippen LogP contribution >= 0.6 is 0 Å². The zero-order valence-electron chi connectivity index (χ0n) is 10.3. The van der Waals surface area contributed by atoms with Gasteiger partial charge in [0.15, 0.2) is 5.82 Å². The van der Waals surface area contributed by atoms with Crippen molar-refractivity contribution in [1.29, 1.82) is 0 Å². The molecule has 0 saturated heterocycles. The Kier molecular flexibility index (Phi) is 3.84. The summed E-state index contributed by atoms with van der Waals surface area (Å²) in [6.07, 6.45) is -0.174. The van der Waals surface area contributed by atoms with Crippen LogP contribution in [0.25, 0.3) is 5.82 Å². The van der Waals surface area contributed by atoms with Gasteiger partial charge in [-0.25, -0.2) is 9.67 Å². The zero-order valence-corrected chi connectivity index (χ0v) is 10.3. The lowest BCUT2D eigenvalue weighted by atomic mass is 10.3. The largest absolute Gasteiger partial charge is 0.417 e. The van der Waals surface area contributed by atoms with Gasteiger partial charge < -0.3 is 5.32 Å². The Labute approximate surface area is 108 Å². The van der Waals surface area contributed by atoms with Gasteiger partial charge in [-0.2, -0.15) is 18.3 Å². The van der Waals surface area contributed by atoms with E-state index in [1.54, 1.807) is 12.4 Å². The average Bonchev–Trinajstić information content (AvgIpc) is 2.84. The summed E-state index contributed by atoms with van der Waals surface area (Å²) in [4.78, 5) is 3.77. The fraction of sp³-hybridized carbons (Fsp3) is 0.333. The standard InChI is InChI=1S/C12H13F3N4/c1-2-16-5-9-6-18-19(8-9)11-4-3-10(7-17-11)12(13,14)15/h3-4,6-8,16H,2,5H2,1H3. The number of nitrogens with zero attached hydrogens (tertiary/aromatic N) is 3. The molecule has 0 atom stereocenters. The Morgan fingerprint density at radius 2 is 2.05 bits per heavy atom. The molecule has 1 N–H and O–H groups in total. The average molecular weight is 270 g/mol. The lowest BCUT2D eigenvalue weighted by Gasteiger charge is -2.06. The van der Waals surface area contributed by atoms with E-state index in [1.807, 2.05) is 6.92 Å². The van der Waals surface area contributed by atoms with Gasteiger partial charge in [-0.15, -0.1) is 0 Å². The van der Waals surface area contributed by atoms with E-state index in [-0.39, 0.29) is 0 Å². The fourth-order valence-electron chi connectivity index (χ4n) is 1.54. The predicted octanol–water partition coefficient (Wildman–Crippen LogP) is 2.40. The molecule has 7 heteroatoms. The summed E-state index contributed by atoms with van der Waals surface area (Å²) in [7, 11) is 0. The molecule has 0 aliphatic carbocycles. The summed E-state index contributed by atoms with van der Waals surface area (Å²) in [6.45, 7) is 3.49. The summed E-state index contributed by atoms with van der Waals surface area (Å²) in [5.74, 6) is 0.357. The Morgan fingerprint density at radius 1 is 1.26 bits per heavy atom. The first-order valence-corrected chi connectivity index (χ1v) is 5.78. The van der Waals surface area contributed by atoms with E-state index in [1.165, 1.54) is 10.7 Å². The highest BCUT2D eigenvalue weighted by atomic mass is 19.4. The van der Waals surface area contributed by atoms with E-state index < -0.39 is 11.7 Å². The quantitative estimate of drug-likeness (QED) is 0.927. The molecule has 0 aliphatic heterocycles. The molecule has 102 valence electrons. The maximum Gasteiger partial charge on any atom is 0.417 e. The minimum absolute atomic E-state index is 0.357. The van der Waals surface area contributed by atoms with Crippen LogP contribution in [0.15, 0.2) is 30.7 Å². The number of hydrogen-bond acceptors (Lipinski definition) is 3. The first kappa shape index (κ1) is 13.5. The van der Waals surface area contributed by atoms with E-state index in [9.17, 15) is 13.2 Å². The van der Waals surface area contributed by atoms with Crippen LogP contribution in [0.2, 0.25) is 0 Å². The highest BCUT2D eigenvalue weighted by molar-refractivity contribution is 5.26. The molecule has 2 aromatic heterocycles. The molecule has 0 fully saturated rings. The van der Waals surface area contributed by atoms with Crippen LogP contribution < -0.4 is 5.32 Å². The molecule has 0 saturated carbocycles. The SMILES string of the molecule is CCNCc1cnn(-c2ccc(C(F)(F)F)cn2)c1. The first-order chi connectivity index (χ1) is 9.00. The third-order valence-electron chi connectivity index (χ3n) is 2.53. The van der Waals surface area contributed by atoms with Crippen LogP contribution in [0.3, 0.4) is 0 Å². The van der Waals surface area contributed by atoms with Crippen LogP contribution in [0, 0.1) is 0 Å². The Bertz CT molecular complexity index is 531. The number of alkyl halides is 3. The molecule has 0 bridgehead atoms.